The summed E-state index contributed by atoms with van der Waals surface area (Å²) in [5, 5.41) is 3.29. The summed E-state index contributed by atoms with van der Waals surface area (Å²) in [6, 6.07) is 11.2. The molecule has 26 heavy (non-hydrogen) atoms. The van der Waals surface area contributed by atoms with Crippen molar-refractivity contribution in [3.05, 3.63) is 69.6 Å². The van der Waals surface area contributed by atoms with Gasteiger partial charge in [0, 0.05) is 24.1 Å². The molecule has 0 spiro atoms. The number of aryl methyl sites for hydroxylation is 3. The lowest BCUT2D eigenvalue weighted by Crippen LogP contribution is -2.24. The third kappa shape index (κ3) is 3.52. The van der Waals surface area contributed by atoms with Gasteiger partial charge in [0.15, 0.2) is 0 Å². The molecule has 1 aromatic carbocycles. The van der Waals surface area contributed by atoms with Gasteiger partial charge in [-0.3, -0.25) is 9.59 Å². The Morgan fingerprint density at radius 1 is 1.12 bits per heavy atom. The Hall–Kier alpha value is -2.95. The van der Waals surface area contributed by atoms with Crippen LogP contribution >= 0.6 is 0 Å². The van der Waals surface area contributed by atoms with E-state index in [2.05, 4.69) is 24.1 Å². The van der Waals surface area contributed by atoms with E-state index in [0.717, 1.165) is 18.5 Å². The molecule has 5 heteroatoms. The van der Waals surface area contributed by atoms with E-state index in [4.69, 9.17) is 0 Å². The monoisotopic (exact) mass is 349 g/mol. The molecule has 0 saturated heterocycles. The van der Waals surface area contributed by atoms with Gasteiger partial charge in [0.2, 0.25) is 5.43 Å². The molecule has 0 fully saturated rings. The molecule has 0 saturated carbocycles. The number of hydrogen-bond acceptors (Lipinski definition) is 3. The molecule has 2 aromatic heterocycles. The summed E-state index contributed by atoms with van der Waals surface area (Å²) in [5.74, 6) is -0.397. The van der Waals surface area contributed by atoms with Crippen LogP contribution in [0.3, 0.4) is 0 Å². The van der Waals surface area contributed by atoms with Gasteiger partial charge in [-0.05, 0) is 49.6 Å². The maximum atomic E-state index is 12.8. The molecule has 0 radical (unpaired) electrons. The van der Waals surface area contributed by atoms with E-state index >= 15 is 0 Å². The van der Waals surface area contributed by atoms with Gasteiger partial charge in [0.1, 0.15) is 11.2 Å². The molecule has 2 heterocycles. The molecule has 0 aliphatic heterocycles. The summed E-state index contributed by atoms with van der Waals surface area (Å²) in [5.41, 5.74) is 3.19. The second-order valence-corrected chi connectivity index (χ2v) is 6.39. The second-order valence-electron chi connectivity index (χ2n) is 6.39. The number of benzene rings is 1. The number of carbonyl (C=O) groups excluding carboxylic acids is 1. The lowest BCUT2D eigenvalue weighted by Gasteiger charge is -2.12. The lowest BCUT2D eigenvalue weighted by molar-refractivity contribution is 0.102. The van der Waals surface area contributed by atoms with Crippen molar-refractivity contribution in [2.45, 2.75) is 40.2 Å². The van der Waals surface area contributed by atoms with E-state index in [9.17, 15) is 9.59 Å². The highest BCUT2D eigenvalue weighted by atomic mass is 16.2. The summed E-state index contributed by atoms with van der Waals surface area (Å²) < 4.78 is 1.89. The lowest BCUT2D eigenvalue weighted by atomic mass is 10.1. The third-order valence-corrected chi connectivity index (χ3v) is 4.39. The summed E-state index contributed by atoms with van der Waals surface area (Å²) in [7, 11) is 0. The van der Waals surface area contributed by atoms with E-state index in [-0.39, 0.29) is 11.0 Å². The first-order chi connectivity index (χ1) is 12.5. The van der Waals surface area contributed by atoms with E-state index < -0.39 is 5.91 Å². The molecule has 0 aliphatic rings. The second kappa shape index (κ2) is 7.52. The first-order valence-electron chi connectivity index (χ1n) is 8.94. The Balaban J connectivity index is 2.02. The van der Waals surface area contributed by atoms with Gasteiger partial charge in [-0.25, -0.2) is 4.98 Å². The Kier molecular flexibility index (Phi) is 5.16. The van der Waals surface area contributed by atoms with E-state index in [0.29, 0.717) is 23.3 Å². The largest absolute Gasteiger partial charge is 0.331 e. The molecule has 3 rings (SSSR count). The number of pyridine rings is 2. The zero-order valence-corrected chi connectivity index (χ0v) is 15.4. The summed E-state index contributed by atoms with van der Waals surface area (Å²) in [6.07, 6.45) is 3.44. The number of anilines is 1. The number of amides is 1. The molecule has 0 atom stereocenters. The number of hydrogen-bond donors (Lipinski definition) is 1. The van der Waals surface area contributed by atoms with Crippen molar-refractivity contribution in [1.29, 1.82) is 0 Å². The first kappa shape index (κ1) is 17.9. The Labute approximate surface area is 152 Å². The molecular weight excluding hydrogens is 326 g/mol. The van der Waals surface area contributed by atoms with Crippen LogP contribution < -0.4 is 10.7 Å². The fraction of sp³-hybridized carbons (Fsp3) is 0.286. The number of nitrogens with one attached hydrogen (secondary N) is 1. The van der Waals surface area contributed by atoms with Crippen LogP contribution in [0.4, 0.5) is 5.69 Å². The Bertz CT molecular complexity index is 1000. The van der Waals surface area contributed by atoms with Gasteiger partial charge < -0.3 is 9.88 Å². The fourth-order valence-electron chi connectivity index (χ4n) is 2.96. The summed E-state index contributed by atoms with van der Waals surface area (Å²) >= 11 is 0. The average molecular weight is 349 g/mol. The SMILES string of the molecule is CCCn1cc(C(=O)Nc2ccc(CC)cc2)c(=O)c2ccc(C)nc21. The molecule has 1 N–H and O–H groups in total. The maximum absolute atomic E-state index is 12.8. The van der Waals surface area contributed by atoms with Gasteiger partial charge >= 0.3 is 0 Å². The molecule has 0 unspecified atom stereocenters. The highest BCUT2D eigenvalue weighted by Gasteiger charge is 2.16. The quantitative estimate of drug-likeness (QED) is 0.759. The molecule has 5 nitrogen and oxygen atoms in total. The fourth-order valence-corrected chi connectivity index (χ4v) is 2.96. The van der Waals surface area contributed by atoms with Gasteiger partial charge in [0.25, 0.3) is 5.91 Å². The topological polar surface area (TPSA) is 64.0 Å². The number of fused-ring (bicyclic) bond motifs is 1. The van der Waals surface area contributed by atoms with Crippen LogP contribution in [0, 0.1) is 6.92 Å². The zero-order valence-electron chi connectivity index (χ0n) is 15.4. The van der Waals surface area contributed by atoms with Crippen LogP contribution in [0.5, 0.6) is 0 Å². The number of aromatic nitrogens is 2. The van der Waals surface area contributed by atoms with Crippen molar-refractivity contribution >= 4 is 22.6 Å². The van der Waals surface area contributed by atoms with Crippen molar-refractivity contribution in [3.63, 3.8) is 0 Å². The van der Waals surface area contributed by atoms with Crippen molar-refractivity contribution < 1.29 is 4.79 Å². The third-order valence-electron chi connectivity index (χ3n) is 4.39. The number of nitrogens with zero attached hydrogens (tertiary/aromatic N) is 2. The number of carbonyl (C=O) groups is 1. The van der Waals surface area contributed by atoms with Crippen LogP contribution in [0.2, 0.25) is 0 Å². The minimum Gasteiger partial charge on any atom is -0.331 e. The normalized spacial score (nSPS) is 10.9. The highest BCUT2D eigenvalue weighted by Crippen LogP contribution is 2.14. The first-order valence-corrected chi connectivity index (χ1v) is 8.94. The molecular formula is C21H23N3O2. The molecule has 0 bridgehead atoms. The van der Waals surface area contributed by atoms with Crippen LogP contribution in [0.15, 0.2) is 47.4 Å². The predicted molar refractivity (Wildman–Crippen MR) is 105 cm³/mol. The van der Waals surface area contributed by atoms with Crippen LogP contribution in [0.25, 0.3) is 11.0 Å². The Morgan fingerprint density at radius 3 is 2.50 bits per heavy atom. The van der Waals surface area contributed by atoms with Crippen molar-refractivity contribution in [3.8, 4) is 0 Å². The van der Waals surface area contributed by atoms with Gasteiger partial charge in [-0.1, -0.05) is 26.0 Å². The Morgan fingerprint density at radius 2 is 1.85 bits per heavy atom. The van der Waals surface area contributed by atoms with Crippen LogP contribution in [-0.2, 0) is 13.0 Å². The van der Waals surface area contributed by atoms with Crippen LogP contribution in [0.1, 0.15) is 41.9 Å². The van der Waals surface area contributed by atoms with Crippen LogP contribution in [-0.4, -0.2) is 15.5 Å². The minimum atomic E-state index is -0.397. The maximum Gasteiger partial charge on any atom is 0.261 e. The molecule has 0 aliphatic carbocycles. The summed E-state index contributed by atoms with van der Waals surface area (Å²) in [4.78, 5) is 30.0. The molecule has 1 amide bonds. The predicted octanol–water partition coefficient (Wildman–Crippen LogP) is 3.93. The van der Waals surface area contributed by atoms with Crippen molar-refractivity contribution in [2.75, 3.05) is 5.32 Å². The zero-order chi connectivity index (χ0) is 18.7. The van der Waals surface area contributed by atoms with Gasteiger partial charge in [-0.2, -0.15) is 0 Å². The minimum absolute atomic E-state index is 0.135. The smallest absolute Gasteiger partial charge is 0.261 e. The van der Waals surface area contributed by atoms with Gasteiger partial charge in [-0.15, -0.1) is 0 Å². The van der Waals surface area contributed by atoms with Crippen molar-refractivity contribution in [2.24, 2.45) is 0 Å². The van der Waals surface area contributed by atoms with Crippen molar-refractivity contribution in [1.82, 2.24) is 9.55 Å². The van der Waals surface area contributed by atoms with E-state index in [1.165, 1.54) is 5.56 Å². The summed E-state index contributed by atoms with van der Waals surface area (Å²) in [6.45, 7) is 6.71. The molecule has 3 aromatic rings. The highest BCUT2D eigenvalue weighted by molar-refractivity contribution is 6.05. The van der Waals surface area contributed by atoms with Gasteiger partial charge in [0.05, 0.1) is 5.39 Å². The standard InChI is InChI=1S/C21H23N3O2/c1-4-12-24-13-18(19(25)17-11-6-14(3)22-20(17)24)21(26)23-16-9-7-15(5-2)8-10-16/h6-11,13H,4-5,12H2,1-3H3,(H,23,26). The molecule has 134 valence electrons. The van der Waals surface area contributed by atoms with E-state index in [1.54, 1.807) is 18.3 Å². The average Bonchev–Trinajstić information content (AvgIpc) is 2.64. The number of rotatable bonds is 5. The van der Waals surface area contributed by atoms with E-state index in [1.807, 2.05) is 35.8 Å².